The highest BCUT2D eigenvalue weighted by molar-refractivity contribution is 7.92. The largest absolute Gasteiger partial charge is 0.490 e. The Hall–Kier alpha value is -2.93. The van der Waals surface area contributed by atoms with Gasteiger partial charge in [0.25, 0.3) is 15.9 Å². The molecule has 3 aromatic rings. The molecule has 0 aliphatic carbocycles. The maximum absolute atomic E-state index is 14.4. The van der Waals surface area contributed by atoms with Gasteiger partial charge in [0.05, 0.1) is 45.4 Å². The Morgan fingerprint density at radius 1 is 1.06 bits per heavy atom. The average Bonchev–Trinajstić information content (AvgIpc) is 3.04. The summed E-state index contributed by atoms with van der Waals surface area (Å²) in [5.41, 5.74) is 1.29. The predicted octanol–water partition coefficient (Wildman–Crippen LogP) is 6.86. The van der Waals surface area contributed by atoms with Crippen molar-refractivity contribution in [2.24, 2.45) is 5.92 Å². The van der Waals surface area contributed by atoms with E-state index >= 15 is 0 Å². The van der Waals surface area contributed by atoms with Crippen LogP contribution in [0.3, 0.4) is 0 Å². The Morgan fingerprint density at radius 3 is 2.48 bits per heavy atom. The highest BCUT2D eigenvalue weighted by Gasteiger charge is 2.31. The number of aliphatic hydroxyl groups is 1. The summed E-state index contributed by atoms with van der Waals surface area (Å²) in [7, 11) is -2.09. The first kappa shape index (κ1) is 37.9. The lowest BCUT2D eigenvalue weighted by Crippen LogP contribution is -2.47. The molecule has 0 unspecified atom stereocenters. The van der Waals surface area contributed by atoms with Crippen molar-refractivity contribution in [1.29, 1.82) is 0 Å². The van der Waals surface area contributed by atoms with Crippen molar-refractivity contribution in [2.45, 2.75) is 69.7 Å². The fourth-order valence-corrected chi connectivity index (χ4v) is 6.97. The third-order valence-electron chi connectivity index (χ3n) is 8.36. The maximum Gasteiger partial charge on any atom is 0.261 e. The van der Waals surface area contributed by atoms with Gasteiger partial charge in [-0.1, -0.05) is 36.2 Å². The van der Waals surface area contributed by atoms with Crippen LogP contribution in [0.2, 0.25) is 10.0 Å². The fraction of sp³-hybridized carbons (Fsp3) is 0.457. The van der Waals surface area contributed by atoms with Gasteiger partial charge in [0, 0.05) is 37.8 Å². The van der Waals surface area contributed by atoms with Crippen LogP contribution in [-0.4, -0.2) is 80.8 Å². The minimum atomic E-state index is -4.08. The highest BCUT2D eigenvalue weighted by Crippen LogP contribution is 2.30. The molecule has 4 atom stereocenters. The van der Waals surface area contributed by atoms with Gasteiger partial charge in [-0.25, -0.2) is 12.8 Å². The molecule has 4 rings (SSSR count). The number of rotatable bonds is 9. The number of ether oxygens (including phenoxy) is 2. The van der Waals surface area contributed by atoms with E-state index in [4.69, 9.17) is 32.7 Å². The summed E-state index contributed by atoms with van der Waals surface area (Å²) in [6.07, 6.45) is 1.89. The van der Waals surface area contributed by atoms with Gasteiger partial charge in [0.2, 0.25) is 0 Å². The molecule has 0 aromatic heterocycles. The first-order chi connectivity index (χ1) is 22.8. The van der Waals surface area contributed by atoms with Gasteiger partial charge < -0.3 is 19.5 Å². The second kappa shape index (κ2) is 17.1. The van der Waals surface area contributed by atoms with Gasteiger partial charge in [0.1, 0.15) is 11.6 Å². The van der Waals surface area contributed by atoms with Gasteiger partial charge in [-0.3, -0.25) is 14.4 Å². The van der Waals surface area contributed by atoms with E-state index in [1.807, 2.05) is 33.0 Å². The predicted molar refractivity (Wildman–Crippen MR) is 187 cm³/mol. The monoisotopic (exact) mass is 723 g/mol. The van der Waals surface area contributed by atoms with Gasteiger partial charge >= 0.3 is 0 Å². The molecule has 0 saturated heterocycles. The second-order valence-electron chi connectivity index (χ2n) is 12.5. The number of amides is 1. The minimum absolute atomic E-state index is 0.125. The molecule has 262 valence electrons. The summed E-state index contributed by atoms with van der Waals surface area (Å²) in [6.45, 7) is 7.38. The summed E-state index contributed by atoms with van der Waals surface area (Å²) in [5.74, 6) is -0.819. The number of carbonyl (C=O) groups is 1. The molecule has 1 heterocycles. The molecule has 48 heavy (non-hydrogen) atoms. The Kier molecular flexibility index (Phi) is 13.5. The summed E-state index contributed by atoms with van der Waals surface area (Å²) in [5, 5.41) is 11.2. The van der Waals surface area contributed by atoms with Crippen LogP contribution < -0.4 is 9.46 Å². The van der Waals surface area contributed by atoms with E-state index in [-0.39, 0.29) is 47.4 Å². The number of sulfonamides is 1. The van der Waals surface area contributed by atoms with E-state index in [0.29, 0.717) is 41.9 Å². The van der Waals surface area contributed by atoms with Crippen LogP contribution in [0, 0.1) is 11.7 Å². The summed E-state index contributed by atoms with van der Waals surface area (Å²) in [4.78, 5) is 17.9. The van der Waals surface area contributed by atoms with Crippen molar-refractivity contribution in [3.8, 4) is 5.75 Å². The number of benzene rings is 3. The van der Waals surface area contributed by atoms with E-state index in [9.17, 15) is 22.7 Å². The van der Waals surface area contributed by atoms with Crippen LogP contribution in [0.5, 0.6) is 5.75 Å². The van der Waals surface area contributed by atoms with Crippen molar-refractivity contribution in [1.82, 2.24) is 9.80 Å². The SMILES string of the molecule is C[C@@H]1CN([C@H](C)CO)C(=O)c2cc(NS(=O)(=O)c3ccc(F)cc3)ccc2O[C@@H](C)CCCCO[C@H]1CN(C)Cc1ccc(Cl)c(Cl)c1. The third kappa shape index (κ3) is 10.3. The van der Waals surface area contributed by atoms with Crippen molar-refractivity contribution in [3.05, 3.63) is 87.7 Å². The van der Waals surface area contributed by atoms with Crippen LogP contribution in [0.15, 0.2) is 65.6 Å². The number of halogens is 3. The van der Waals surface area contributed by atoms with Crippen molar-refractivity contribution >= 4 is 44.8 Å². The Labute approximate surface area is 293 Å². The van der Waals surface area contributed by atoms with Crippen molar-refractivity contribution in [3.63, 3.8) is 0 Å². The number of nitrogens with one attached hydrogen (secondary N) is 1. The minimum Gasteiger partial charge on any atom is -0.490 e. The van der Waals surface area contributed by atoms with Gasteiger partial charge in [0.15, 0.2) is 0 Å². The first-order valence-electron chi connectivity index (χ1n) is 16.0. The molecule has 0 saturated carbocycles. The molecule has 1 amide bonds. The van der Waals surface area contributed by atoms with Crippen molar-refractivity contribution < 1.29 is 32.2 Å². The molecule has 0 bridgehead atoms. The zero-order valence-corrected chi connectivity index (χ0v) is 30.0. The molecule has 1 aliphatic rings. The number of nitrogens with zero attached hydrogens (tertiary/aromatic N) is 2. The summed E-state index contributed by atoms with van der Waals surface area (Å²) in [6, 6.07) is 14.0. The average molecular weight is 725 g/mol. The Morgan fingerprint density at radius 2 is 1.79 bits per heavy atom. The van der Waals surface area contributed by atoms with E-state index in [0.717, 1.165) is 30.5 Å². The van der Waals surface area contributed by atoms with Crippen LogP contribution in [0.25, 0.3) is 0 Å². The molecule has 9 nitrogen and oxygen atoms in total. The number of fused-ring (bicyclic) bond motifs is 1. The molecule has 13 heteroatoms. The molecule has 0 fully saturated rings. The molecular weight excluding hydrogens is 680 g/mol. The quantitative estimate of drug-likeness (QED) is 0.248. The smallest absolute Gasteiger partial charge is 0.261 e. The zero-order chi connectivity index (χ0) is 35.0. The van der Waals surface area contributed by atoms with Gasteiger partial charge in [-0.15, -0.1) is 0 Å². The van der Waals surface area contributed by atoms with Crippen LogP contribution in [0.1, 0.15) is 56.0 Å². The second-order valence-corrected chi connectivity index (χ2v) is 15.0. The summed E-state index contributed by atoms with van der Waals surface area (Å²) < 4.78 is 54.8. The number of anilines is 1. The van der Waals surface area contributed by atoms with E-state index < -0.39 is 27.8 Å². The molecule has 1 aliphatic heterocycles. The van der Waals surface area contributed by atoms with E-state index in [2.05, 4.69) is 9.62 Å². The Balaban J connectivity index is 1.63. The number of likely N-dealkylation sites (N-methyl/N-ethyl adjacent to an activating group) is 1. The summed E-state index contributed by atoms with van der Waals surface area (Å²) >= 11 is 12.4. The molecule has 2 N–H and O–H groups in total. The van der Waals surface area contributed by atoms with Crippen LogP contribution in [-0.2, 0) is 21.3 Å². The topological polar surface area (TPSA) is 108 Å². The molecular formula is C35H44Cl2FN3O6S. The van der Waals surface area contributed by atoms with Crippen molar-refractivity contribution in [2.75, 3.05) is 38.1 Å². The lowest BCUT2D eigenvalue weighted by Gasteiger charge is -2.36. The van der Waals surface area contributed by atoms with Gasteiger partial charge in [-0.2, -0.15) is 0 Å². The third-order valence-corrected chi connectivity index (χ3v) is 10.5. The van der Waals surface area contributed by atoms with Crippen LogP contribution in [0.4, 0.5) is 10.1 Å². The van der Waals surface area contributed by atoms with Gasteiger partial charge in [-0.05, 0) is 100 Å². The number of carbonyl (C=O) groups excluding carboxylic acids is 1. The zero-order valence-electron chi connectivity index (χ0n) is 27.7. The Bertz CT molecular complexity index is 1650. The number of hydrogen-bond acceptors (Lipinski definition) is 7. The first-order valence-corrected chi connectivity index (χ1v) is 18.3. The fourth-order valence-electron chi connectivity index (χ4n) is 5.60. The maximum atomic E-state index is 14.4. The number of aliphatic hydroxyl groups excluding tert-OH is 1. The molecule has 0 radical (unpaired) electrons. The van der Waals surface area contributed by atoms with Crippen LogP contribution >= 0.6 is 23.2 Å². The number of hydrogen-bond donors (Lipinski definition) is 2. The standard InChI is InChI=1S/C35H44Cl2FN3O6S/c1-23-19-41(24(2)22-42)35(43)30-18-28(39-48(44,45)29-12-9-27(38)10-13-29)11-15-33(30)47-25(3)7-5-6-16-46-34(23)21-40(4)20-26-8-14-31(36)32(37)17-26/h8-15,17-18,23-25,34,39,42H,5-7,16,19-22H2,1-4H3/t23-,24-,25+,34+/m1/s1. The lowest BCUT2D eigenvalue weighted by atomic mass is 10.0. The highest BCUT2D eigenvalue weighted by atomic mass is 35.5. The normalized spacial score (nSPS) is 20.5. The van der Waals surface area contributed by atoms with E-state index in [1.54, 1.807) is 24.0 Å². The lowest BCUT2D eigenvalue weighted by molar-refractivity contribution is -0.0177. The van der Waals surface area contributed by atoms with E-state index in [1.165, 1.54) is 24.3 Å². The molecule has 0 spiro atoms. The molecule has 3 aromatic carbocycles.